The van der Waals surface area contributed by atoms with E-state index < -0.39 is 41.0 Å². The van der Waals surface area contributed by atoms with Crippen molar-refractivity contribution in [3.63, 3.8) is 0 Å². The van der Waals surface area contributed by atoms with E-state index in [0.29, 0.717) is 11.1 Å². The molecule has 4 aromatic rings. The lowest BCUT2D eigenvalue weighted by molar-refractivity contribution is -0.207. The molecule has 0 bridgehead atoms. The third-order valence-electron chi connectivity index (χ3n) is 4.96. The molecule has 2 aromatic carbocycles. The number of benzene rings is 2. The number of rotatable bonds is 5. The Morgan fingerprint density at radius 2 is 1.68 bits per heavy atom. The molecule has 172 valence electrons. The summed E-state index contributed by atoms with van der Waals surface area (Å²) < 4.78 is 60.0. The molecule has 0 spiro atoms. The monoisotopic (exact) mass is 487 g/mol. The van der Waals surface area contributed by atoms with E-state index in [0.717, 1.165) is 35.4 Å². The number of halogens is 5. The highest BCUT2D eigenvalue weighted by atomic mass is 35.5. The Balaban J connectivity index is 1.71. The van der Waals surface area contributed by atoms with Crippen molar-refractivity contribution in [3.8, 4) is 11.8 Å². The van der Waals surface area contributed by atoms with Crippen molar-refractivity contribution in [2.75, 3.05) is 0 Å². The van der Waals surface area contributed by atoms with Crippen molar-refractivity contribution in [2.45, 2.75) is 18.1 Å². The van der Waals surface area contributed by atoms with Gasteiger partial charge in [0, 0.05) is 27.9 Å². The quantitative estimate of drug-likeness (QED) is 0.339. The van der Waals surface area contributed by atoms with Crippen LogP contribution >= 0.6 is 11.6 Å². The molecule has 1 unspecified atom stereocenters. The van der Waals surface area contributed by atoms with Crippen molar-refractivity contribution in [1.29, 1.82) is 0 Å². The van der Waals surface area contributed by atoms with E-state index in [-0.39, 0.29) is 5.02 Å². The highest BCUT2D eigenvalue weighted by Gasteiger charge is 2.57. The van der Waals surface area contributed by atoms with Crippen molar-refractivity contribution >= 4 is 11.6 Å². The fourth-order valence-corrected chi connectivity index (χ4v) is 3.37. The van der Waals surface area contributed by atoms with Crippen LogP contribution in [0.25, 0.3) is 0 Å². The number of aromatic nitrogens is 5. The molecule has 0 fully saturated rings. The van der Waals surface area contributed by atoms with Gasteiger partial charge in [-0.25, -0.2) is 13.5 Å². The summed E-state index contributed by atoms with van der Waals surface area (Å²) in [6, 6.07) is 10.7. The van der Waals surface area contributed by atoms with Crippen LogP contribution < -0.4 is 0 Å². The lowest BCUT2D eigenvalue weighted by atomic mass is 9.84. The van der Waals surface area contributed by atoms with Crippen LogP contribution in [0.2, 0.25) is 5.02 Å². The molecular weight excluding hydrogens is 474 g/mol. The maximum atomic E-state index is 15.7. The van der Waals surface area contributed by atoms with E-state index in [2.05, 4.69) is 32.4 Å². The lowest BCUT2D eigenvalue weighted by Crippen LogP contribution is -2.48. The summed E-state index contributed by atoms with van der Waals surface area (Å²) in [5.74, 6) is -0.136. The average molecular weight is 488 g/mol. The lowest BCUT2D eigenvalue weighted by Gasteiger charge is -2.35. The topological polar surface area (TPSA) is 76.7 Å². The molecule has 4 rings (SSSR count). The molecule has 11 heteroatoms. The second-order valence-corrected chi connectivity index (χ2v) is 7.69. The second kappa shape index (κ2) is 9.21. The summed E-state index contributed by atoms with van der Waals surface area (Å²) >= 11 is 5.75. The largest absolute Gasteiger partial charge is 0.377 e. The number of hydrogen-bond acceptors (Lipinski definition) is 5. The molecule has 0 aliphatic heterocycles. The standard InChI is InChI=1S/C23H14ClF4N5O/c24-17-6-9-19(20(26)11-17)22(34,13-33-14-30-31-32-33)23(27,28)21-10-5-16(12-29-21)2-1-15-3-7-18(25)8-4-15/h3-12,14,34H,13H2. The van der Waals surface area contributed by atoms with Crippen LogP contribution in [0.4, 0.5) is 17.6 Å². The van der Waals surface area contributed by atoms with Crippen LogP contribution in [0.3, 0.4) is 0 Å². The minimum absolute atomic E-state index is 0.0310. The molecule has 0 radical (unpaired) electrons. The predicted octanol–water partition coefficient (Wildman–Crippen LogP) is 4.08. The van der Waals surface area contributed by atoms with Crippen LogP contribution in [-0.4, -0.2) is 30.3 Å². The Labute approximate surface area is 195 Å². The number of tetrazole rings is 1. The van der Waals surface area contributed by atoms with Gasteiger partial charge in [0.15, 0.2) is 5.60 Å². The van der Waals surface area contributed by atoms with Gasteiger partial charge in [-0.15, -0.1) is 5.10 Å². The van der Waals surface area contributed by atoms with Crippen LogP contribution in [0.5, 0.6) is 0 Å². The van der Waals surface area contributed by atoms with Gasteiger partial charge in [0.1, 0.15) is 23.7 Å². The van der Waals surface area contributed by atoms with E-state index in [1.54, 1.807) is 0 Å². The maximum Gasteiger partial charge on any atom is 0.323 e. The van der Waals surface area contributed by atoms with E-state index in [9.17, 15) is 13.9 Å². The number of nitrogens with zero attached hydrogens (tertiary/aromatic N) is 5. The van der Waals surface area contributed by atoms with Crippen molar-refractivity contribution in [1.82, 2.24) is 25.2 Å². The van der Waals surface area contributed by atoms with Gasteiger partial charge < -0.3 is 5.11 Å². The first-order chi connectivity index (χ1) is 16.2. The third kappa shape index (κ3) is 4.62. The van der Waals surface area contributed by atoms with Crippen molar-refractivity contribution < 1.29 is 22.7 Å². The smallest absolute Gasteiger partial charge is 0.323 e. The number of aliphatic hydroxyl groups is 1. The van der Waals surface area contributed by atoms with Gasteiger partial charge in [0.05, 0.1) is 6.54 Å². The predicted molar refractivity (Wildman–Crippen MR) is 114 cm³/mol. The van der Waals surface area contributed by atoms with Crippen LogP contribution in [0, 0.1) is 23.5 Å². The van der Waals surface area contributed by atoms with Crippen LogP contribution in [0.1, 0.15) is 22.4 Å². The fraction of sp³-hybridized carbons (Fsp3) is 0.130. The van der Waals surface area contributed by atoms with Crippen molar-refractivity contribution in [3.05, 3.63) is 106 Å². The van der Waals surface area contributed by atoms with E-state index in [4.69, 9.17) is 11.6 Å². The zero-order valence-electron chi connectivity index (χ0n) is 17.1. The Morgan fingerprint density at radius 1 is 0.971 bits per heavy atom. The summed E-state index contributed by atoms with van der Waals surface area (Å²) in [4.78, 5) is 3.76. The Bertz CT molecular complexity index is 1350. The molecule has 0 saturated heterocycles. The van der Waals surface area contributed by atoms with Gasteiger partial charge in [-0.3, -0.25) is 4.98 Å². The van der Waals surface area contributed by atoms with Gasteiger partial charge in [0.25, 0.3) is 0 Å². The minimum Gasteiger partial charge on any atom is -0.377 e. The van der Waals surface area contributed by atoms with Gasteiger partial charge in [-0.05, 0) is 59.0 Å². The Hall–Kier alpha value is -3.81. The first-order valence-electron chi connectivity index (χ1n) is 9.70. The van der Waals surface area contributed by atoms with E-state index >= 15 is 8.78 Å². The minimum atomic E-state index is -4.09. The van der Waals surface area contributed by atoms with E-state index in [1.165, 1.54) is 36.4 Å². The SMILES string of the molecule is OC(Cn1cnnn1)(c1ccc(Cl)cc1F)C(F)(F)c1ccc(C#Cc2ccc(F)cc2)cn1. The van der Waals surface area contributed by atoms with Gasteiger partial charge in [-0.1, -0.05) is 29.5 Å². The summed E-state index contributed by atoms with van der Waals surface area (Å²) in [5.41, 5.74) is -3.84. The number of hydrogen-bond donors (Lipinski definition) is 1. The Kier molecular flexibility index (Phi) is 6.32. The van der Waals surface area contributed by atoms with E-state index in [1.807, 2.05) is 0 Å². The molecule has 1 N–H and O–H groups in total. The average Bonchev–Trinajstić information content (AvgIpc) is 3.31. The molecule has 2 heterocycles. The zero-order valence-corrected chi connectivity index (χ0v) is 17.9. The molecular formula is C23H14ClF4N5O. The second-order valence-electron chi connectivity index (χ2n) is 7.26. The maximum absolute atomic E-state index is 15.7. The first kappa shape index (κ1) is 23.4. The zero-order chi connectivity index (χ0) is 24.3. The van der Waals surface area contributed by atoms with Gasteiger partial charge >= 0.3 is 5.92 Å². The summed E-state index contributed by atoms with van der Waals surface area (Å²) in [6.45, 7) is -0.876. The molecule has 0 amide bonds. The molecule has 0 aliphatic rings. The van der Waals surface area contributed by atoms with Crippen LogP contribution in [-0.2, 0) is 18.1 Å². The summed E-state index contributed by atoms with van der Waals surface area (Å²) in [6.07, 6.45) is 2.10. The van der Waals surface area contributed by atoms with Gasteiger partial charge in [-0.2, -0.15) is 8.78 Å². The van der Waals surface area contributed by atoms with Crippen LogP contribution in [0.15, 0.2) is 67.1 Å². The number of alkyl halides is 2. The van der Waals surface area contributed by atoms with Gasteiger partial charge in [0.2, 0.25) is 0 Å². The highest BCUT2D eigenvalue weighted by Crippen LogP contribution is 2.46. The molecule has 2 aromatic heterocycles. The Morgan fingerprint density at radius 3 is 2.29 bits per heavy atom. The van der Waals surface area contributed by atoms with Crippen molar-refractivity contribution in [2.24, 2.45) is 0 Å². The molecule has 6 nitrogen and oxygen atoms in total. The molecule has 0 aliphatic carbocycles. The summed E-state index contributed by atoms with van der Waals surface area (Å²) in [7, 11) is 0. The molecule has 1 atom stereocenters. The first-order valence-corrected chi connectivity index (χ1v) is 10.1. The highest BCUT2D eigenvalue weighted by molar-refractivity contribution is 6.30. The normalized spacial score (nSPS) is 13.1. The molecule has 34 heavy (non-hydrogen) atoms. The number of pyridine rings is 1. The third-order valence-corrected chi connectivity index (χ3v) is 5.19. The summed E-state index contributed by atoms with van der Waals surface area (Å²) in [5, 5.41) is 21.4. The fourth-order valence-electron chi connectivity index (χ4n) is 3.21. The molecule has 0 saturated carbocycles.